The first-order chi connectivity index (χ1) is 6.36. The van der Waals surface area contributed by atoms with Gasteiger partial charge in [-0.25, -0.2) is 4.79 Å². The van der Waals surface area contributed by atoms with Gasteiger partial charge in [0.1, 0.15) is 0 Å². The molecular weight excluding hydrogens is 184 g/mol. The van der Waals surface area contributed by atoms with Crippen LogP contribution in [0.2, 0.25) is 0 Å². The molecule has 3 nitrogen and oxygen atoms in total. The third-order valence-corrected chi connectivity index (χ3v) is 4.02. The summed E-state index contributed by atoms with van der Waals surface area (Å²) >= 11 is 2.03. The van der Waals surface area contributed by atoms with Crippen LogP contribution in [-0.4, -0.2) is 41.6 Å². The fourth-order valence-electron chi connectivity index (χ4n) is 1.88. The SMILES string of the molecule is O=C1NCCN1CC1CCCCS1. The lowest BCUT2D eigenvalue weighted by molar-refractivity contribution is 0.217. The van der Waals surface area contributed by atoms with Crippen molar-refractivity contribution in [2.24, 2.45) is 0 Å². The number of carbonyl (C=O) groups excluding carboxylic acids is 1. The van der Waals surface area contributed by atoms with E-state index in [0.717, 1.165) is 19.6 Å². The molecule has 2 aliphatic heterocycles. The molecule has 0 radical (unpaired) electrons. The lowest BCUT2D eigenvalue weighted by Gasteiger charge is -2.25. The Morgan fingerprint density at radius 1 is 1.54 bits per heavy atom. The minimum Gasteiger partial charge on any atom is -0.336 e. The number of urea groups is 1. The number of nitrogens with zero attached hydrogens (tertiary/aromatic N) is 1. The standard InChI is InChI=1S/C9H16N2OS/c12-9-10-4-5-11(9)7-8-3-1-2-6-13-8/h8H,1-7H2,(H,10,12). The molecule has 1 atom stereocenters. The van der Waals surface area contributed by atoms with Crippen molar-refractivity contribution >= 4 is 17.8 Å². The quantitative estimate of drug-likeness (QED) is 0.728. The van der Waals surface area contributed by atoms with E-state index < -0.39 is 0 Å². The molecule has 2 aliphatic rings. The fraction of sp³-hybridized carbons (Fsp3) is 0.889. The van der Waals surface area contributed by atoms with E-state index in [9.17, 15) is 4.79 Å². The number of rotatable bonds is 2. The second-order valence-corrected chi connectivity index (χ2v) is 5.07. The summed E-state index contributed by atoms with van der Waals surface area (Å²) < 4.78 is 0. The highest BCUT2D eigenvalue weighted by Gasteiger charge is 2.24. The smallest absolute Gasteiger partial charge is 0.317 e. The second kappa shape index (κ2) is 4.22. The van der Waals surface area contributed by atoms with Gasteiger partial charge >= 0.3 is 6.03 Å². The van der Waals surface area contributed by atoms with E-state index in [-0.39, 0.29) is 6.03 Å². The summed E-state index contributed by atoms with van der Waals surface area (Å²) in [5, 5.41) is 3.53. The number of carbonyl (C=O) groups is 1. The lowest BCUT2D eigenvalue weighted by atomic mass is 10.2. The zero-order chi connectivity index (χ0) is 9.10. The molecule has 2 saturated heterocycles. The normalized spacial score (nSPS) is 29.1. The predicted octanol–water partition coefficient (Wildman–Crippen LogP) is 1.30. The van der Waals surface area contributed by atoms with Gasteiger partial charge in [0.15, 0.2) is 0 Å². The van der Waals surface area contributed by atoms with Crippen LogP contribution in [0.3, 0.4) is 0 Å². The summed E-state index contributed by atoms with van der Waals surface area (Å²) in [6, 6.07) is 0.131. The van der Waals surface area contributed by atoms with E-state index in [0.29, 0.717) is 5.25 Å². The van der Waals surface area contributed by atoms with Gasteiger partial charge in [0.05, 0.1) is 0 Å². The fourth-order valence-corrected chi connectivity index (χ4v) is 3.21. The van der Waals surface area contributed by atoms with Gasteiger partial charge in [-0.2, -0.15) is 11.8 Å². The third kappa shape index (κ3) is 2.30. The van der Waals surface area contributed by atoms with E-state index in [1.54, 1.807) is 0 Å². The van der Waals surface area contributed by atoms with Crippen LogP contribution in [0.5, 0.6) is 0 Å². The Hall–Kier alpha value is -0.380. The van der Waals surface area contributed by atoms with Crippen LogP contribution >= 0.6 is 11.8 Å². The Morgan fingerprint density at radius 2 is 2.46 bits per heavy atom. The number of hydrogen-bond donors (Lipinski definition) is 1. The minimum absolute atomic E-state index is 0.131. The first-order valence-corrected chi connectivity index (χ1v) is 6.05. The number of nitrogens with one attached hydrogen (secondary N) is 1. The minimum atomic E-state index is 0.131. The van der Waals surface area contributed by atoms with Gasteiger partial charge in [-0.1, -0.05) is 6.42 Å². The Morgan fingerprint density at radius 3 is 3.08 bits per heavy atom. The Bertz CT molecular complexity index is 192. The topological polar surface area (TPSA) is 32.3 Å². The van der Waals surface area contributed by atoms with Gasteiger partial charge < -0.3 is 10.2 Å². The van der Waals surface area contributed by atoms with Crippen LogP contribution in [0.25, 0.3) is 0 Å². The highest BCUT2D eigenvalue weighted by molar-refractivity contribution is 7.99. The van der Waals surface area contributed by atoms with Gasteiger partial charge in [0, 0.05) is 24.9 Å². The first-order valence-electron chi connectivity index (χ1n) is 5.00. The molecule has 0 bridgehead atoms. The molecule has 2 heterocycles. The summed E-state index contributed by atoms with van der Waals surface area (Å²) in [5.74, 6) is 1.28. The molecular formula is C9H16N2OS. The van der Waals surface area contributed by atoms with Crippen molar-refractivity contribution in [2.75, 3.05) is 25.4 Å². The molecule has 0 aromatic rings. The monoisotopic (exact) mass is 200 g/mol. The van der Waals surface area contributed by atoms with Crippen molar-refractivity contribution < 1.29 is 4.79 Å². The van der Waals surface area contributed by atoms with E-state index in [1.165, 1.54) is 25.0 Å². The van der Waals surface area contributed by atoms with Gasteiger partial charge in [-0.15, -0.1) is 0 Å². The highest BCUT2D eigenvalue weighted by Crippen LogP contribution is 2.25. The van der Waals surface area contributed by atoms with Crippen LogP contribution in [0.15, 0.2) is 0 Å². The summed E-state index contributed by atoms with van der Waals surface area (Å²) in [5.41, 5.74) is 0. The molecule has 2 fully saturated rings. The van der Waals surface area contributed by atoms with Crippen molar-refractivity contribution in [3.8, 4) is 0 Å². The maximum absolute atomic E-state index is 11.3. The number of amides is 2. The van der Waals surface area contributed by atoms with Crippen molar-refractivity contribution in [1.29, 1.82) is 0 Å². The summed E-state index contributed by atoms with van der Waals surface area (Å²) in [6.07, 6.45) is 3.98. The zero-order valence-corrected chi connectivity index (χ0v) is 8.61. The molecule has 13 heavy (non-hydrogen) atoms. The van der Waals surface area contributed by atoms with Crippen LogP contribution < -0.4 is 5.32 Å². The van der Waals surface area contributed by atoms with Crippen LogP contribution in [-0.2, 0) is 0 Å². The van der Waals surface area contributed by atoms with Crippen LogP contribution in [0, 0.1) is 0 Å². The highest BCUT2D eigenvalue weighted by atomic mass is 32.2. The van der Waals surface area contributed by atoms with E-state index in [2.05, 4.69) is 5.32 Å². The van der Waals surface area contributed by atoms with Gasteiger partial charge in [-0.05, 0) is 18.6 Å². The second-order valence-electron chi connectivity index (χ2n) is 3.67. The average molecular weight is 200 g/mol. The molecule has 1 unspecified atom stereocenters. The molecule has 1 N–H and O–H groups in total. The molecule has 0 spiro atoms. The first kappa shape index (κ1) is 9.19. The molecule has 2 amide bonds. The van der Waals surface area contributed by atoms with Gasteiger partial charge in [-0.3, -0.25) is 0 Å². The van der Waals surface area contributed by atoms with Gasteiger partial charge in [0.25, 0.3) is 0 Å². The molecule has 2 rings (SSSR count). The van der Waals surface area contributed by atoms with Crippen LogP contribution in [0.1, 0.15) is 19.3 Å². The molecule has 74 valence electrons. The lowest BCUT2D eigenvalue weighted by Crippen LogP contribution is -2.34. The van der Waals surface area contributed by atoms with Crippen molar-refractivity contribution in [2.45, 2.75) is 24.5 Å². The molecule has 0 aromatic heterocycles. The van der Waals surface area contributed by atoms with Gasteiger partial charge in [0.2, 0.25) is 0 Å². The van der Waals surface area contributed by atoms with Crippen molar-refractivity contribution in [1.82, 2.24) is 10.2 Å². The number of hydrogen-bond acceptors (Lipinski definition) is 2. The Balaban J connectivity index is 1.79. The van der Waals surface area contributed by atoms with Crippen molar-refractivity contribution in [3.05, 3.63) is 0 Å². The molecule has 4 heteroatoms. The Labute approximate surface area is 83.2 Å². The summed E-state index contributed by atoms with van der Waals surface area (Å²) in [6.45, 7) is 2.68. The largest absolute Gasteiger partial charge is 0.336 e. The maximum atomic E-state index is 11.3. The maximum Gasteiger partial charge on any atom is 0.317 e. The predicted molar refractivity (Wildman–Crippen MR) is 55.1 cm³/mol. The summed E-state index contributed by atoms with van der Waals surface area (Å²) in [7, 11) is 0. The third-order valence-electron chi connectivity index (χ3n) is 2.64. The van der Waals surface area contributed by atoms with E-state index in [1.807, 2.05) is 16.7 Å². The number of thioether (sulfide) groups is 1. The Kier molecular flexibility index (Phi) is 2.98. The zero-order valence-electron chi connectivity index (χ0n) is 7.79. The van der Waals surface area contributed by atoms with E-state index in [4.69, 9.17) is 0 Å². The summed E-state index contributed by atoms with van der Waals surface area (Å²) in [4.78, 5) is 13.2. The molecule has 0 saturated carbocycles. The average Bonchev–Trinajstić information content (AvgIpc) is 2.54. The molecule has 0 aromatic carbocycles. The molecule has 0 aliphatic carbocycles. The van der Waals surface area contributed by atoms with Crippen molar-refractivity contribution in [3.63, 3.8) is 0 Å². The van der Waals surface area contributed by atoms with Crippen LogP contribution in [0.4, 0.5) is 4.79 Å². The van der Waals surface area contributed by atoms with E-state index >= 15 is 0 Å².